The van der Waals surface area contributed by atoms with E-state index < -0.39 is 0 Å². The first-order valence-corrected chi connectivity index (χ1v) is 15.7. The maximum atomic E-state index is 12.4. The monoisotopic (exact) mass is 628 g/mol. The van der Waals surface area contributed by atoms with Crippen LogP contribution in [0.5, 0.6) is 0 Å². The van der Waals surface area contributed by atoms with Crippen LogP contribution >= 0.6 is 23.8 Å². The summed E-state index contributed by atoms with van der Waals surface area (Å²) in [6, 6.07) is 22.2. The summed E-state index contributed by atoms with van der Waals surface area (Å²) in [6.07, 6.45) is 1.81. The Labute approximate surface area is 269 Å². The molecule has 0 unspecified atom stereocenters. The van der Waals surface area contributed by atoms with E-state index in [-0.39, 0.29) is 23.9 Å². The lowest BCUT2D eigenvalue weighted by molar-refractivity contribution is -0.118. The van der Waals surface area contributed by atoms with Crippen molar-refractivity contribution in [1.29, 1.82) is 0 Å². The number of aromatic nitrogens is 2. The van der Waals surface area contributed by atoms with Crippen molar-refractivity contribution in [1.82, 2.24) is 14.9 Å². The molecule has 2 aromatic heterocycles. The molecule has 2 N–H and O–H groups in total. The predicted molar refractivity (Wildman–Crippen MR) is 181 cm³/mol. The Bertz CT molecular complexity index is 1670. The highest BCUT2D eigenvalue weighted by atomic mass is 35.5. The van der Waals surface area contributed by atoms with Gasteiger partial charge >= 0.3 is 0 Å². The van der Waals surface area contributed by atoms with Crippen LogP contribution in [0.2, 0.25) is 5.02 Å². The van der Waals surface area contributed by atoms with Crippen molar-refractivity contribution in [2.75, 3.05) is 41.4 Å². The van der Waals surface area contributed by atoms with Crippen LogP contribution in [0, 0.1) is 19.8 Å². The summed E-state index contributed by atoms with van der Waals surface area (Å²) in [5.41, 5.74) is 7.99. The van der Waals surface area contributed by atoms with E-state index >= 15 is 0 Å². The van der Waals surface area contributed by atoms with Gasteiger partial charge in [0.05, 0.1) is 41.7 Å². The van der Waals surface area contributed by atoms with Crippen LogP contribution in [0.25, 0.3) is 5.69 Å². The molecule has 6 rings (SSSR count). The summed E-state index contributed by atoms with van der Waals surface area (Å²) >= 11 is 12.7. The summed E-state index contributed by atoms with van der Waals surface area (Å²) in [6.45, 7) is 11.3. The SMILES string of the molecule is Cc1cc([C@@H]2[C@@H](c3ccccn3)NC(=S)N2c2ccc(NC(=O)C(C)C)c(Cl)c2)c(C)n1-c1ccc(N2CCOCC2)cc1. The molecular formula is C34H37ClN6O2S. The molecular weight excluding hydrogens is 592 g/mol. The van der Waals surface area contributed by atoms with Crippen molar-refractivity contribution in [2.24, 2.45) is 5.92 Å². The molecule has 2 aromatic carbocycles. The zero-order valence-corrected chi connectivity index (χ0v) is 27.0. The maximum absolute atomic E-state index is 12.4. The third kappa shape index (κ3) is 5.79. The van der Waals surface area contributed by atoms with Crippen molar-refractivity contribution in [2.45, 2.75) is 39.8 Å². The summed E-state index contributed by atoms with van der Waals surface area (Å²) < 4.78 is 7.83. The molecule has 4 heterocycles. The van der Waals surface area contributed by atoms with Gasteiger partial charge in [-0.3, -0.25) is 9.78 Å². The number of hydrogen-bond acceptors (Lipinski definition) is 5. The summed E-state index contributed by atoms with van der Waals surface area (Å²) in [5, 5.41) is 7.50. The van der Waals surface area contributed by atoms with E-state index in [0.29, 0.717) is 15.8 Å². The first kappa shape index (κ1) is 30.1. The van der Waals surface area contributed by atoms with Gasteiger partial charge in [0.15, 0.2) is 5.11 Å². The van der Waals surface area contributed by atoms with Crippen molar-refractivity contribution < 1.29 is 9.53 Å². The second-order valence-corrected chi connectivity index (χ2v) is 12.4. The lowest BCUT2D eigenvalue weighted by Gasteiger charge is -2.29. The molecule has 2 fully saturated rings. The van der Waals surface area contributed by atoms with Crippen molar-refractivity contribution in [3.05, 3.63) is 101 Å². The van der Waals surface area contributed by atoms with Gasteiger partial charge in [0.1, 0.15) is 0 Å². The number of carbonyl (C=O) groups is 1. The Morgan fingerprint density at radius 1 is 1.02 bits per heavy atom. The fourth-order valence-corrected chi connectivity index (χ4v) is 6.67. The summed E-state index contributed by atoms with van der Waals surface area (Å²) in [7, 11) is 0. The van der Waals surface area contributed by atoms with Crippen LogP contribution in [-0.4, -0.2) is 46.9 Å². The van der Waals surface area contributed by atoms with E-state index in [2.05, 4.69) is 69.2 Å². The smallest absolute Gasteiger partial charge is 0.226 e. The summed E-state index contributed by atoms with van der Waals surface area (Å²) in [5.74, 6) is -0.244. The number of morpholine rings is 1. The van der Waals surface area contributed by atoms with Crippen LogP contribution in [-0.2, 0) is 9.53 Å². The average Bonchev–Trinajstić information content (AvgIpc) is 3.53. The van der Waals surface area contributed by atoms with Gasteiger partial charge in [0.25, 0.3) is 0 Å². The highest BCUT2D eigenvalue weighted by Gasteiger charge is 2.42. The van der Waals surface area contributed by atoms with Gasteiger partial charge in [0, 0.05) is 53.7 Å². The van der Waals surface area contributed by atoms with Crippen molar-refractivity contribution in [3.8, 4) is 5.69 Å². The third-order valence-corrected chi connectivity index (χ3v) is 9.01. The first-order valence-electron chi connectivity index (χ1n) is 15.0. The largest absolute Gasteiger partial charge is 0.378 e. The quantitative estimate of drug-likeness (QED) is 0.219. The minimum absolute atomic E-state index is 0.0866. The Hall–Kier alpha value is -3.92. The molecule has 2 aliphatic heterocycles. The zero-order valence-electron chi connectivity index (χ0n) is 25.4. The first-order chi connectivity index (χ1) is 21.2. The van der Waals surface area contributed by atoms with Gasteiger partial charge in [-0.05, 0) is 92.3 Å². The van der Waals surface area contributed by atoms with Gasteiger partial charge in [-0.2, -0.15) is 0 Å². The number of benzene rings is 2. The van der Waals surface area contributed by atoms with Gasteiger partial charge in [0.2, 0.25) is 5.91 Å². The Morgan fingerprint density at radius 2 is 1.73 bits per heavy atom. The lowest BCUT2D eigenvalue weighted by Crippen LogP contribution is -2.36. The topological polar surface area (TPSA) is 74.7 Å². The minimum Gasteiger partial charge on any atom is -0.378 e. The van der Waals surface area contributed by atoms with E-state index in [1.165, 1.54) is 5.69 Å². The number of amides is 1. The number of aryl methyl sites for hydroxylation is 1. The van der Waals surface area contributed by atoms with E-state index in [1.807, 2.05) is 56.4 Å². The van der Waals surface area contributed by atoms with Gasteiger partial charge in [-0.25, -0.2) is 0 Å². The number of thiocarbonyl (C=S) groups is 1. The number of ether oxygens (including phenoxy) is 1. The normalized spacial score (nSPS) is 18.5. The Kier molecular flexibility index (Phi) is 8.62. The number of rotatable bonds is 7. The van der Waals surface area contributed by atoms with E-state index in [0.717, 1.165) is 60.3 Å². The third-order valence-electron chi connectivity index (χ3n) is 8.38. The maximum Gasteiger partial charge on any atom is 0.226 e. The molecule has 0 aliphatic carbocycles. The van der Waals surface area contributed by atoms with Crippen molar-refractivity contribution in [3.63, 3.8) is 0 Å². The molecule has 228 valence electrons. The number of halogens is 1. The lowest BCUT2D eigenvalue weighted by atomic mass is 9.96. The molecule has 0 saturated carbocycles. The number of nitrogens with one attached hydrogen (secondary N) is 2. The highest BCUT2D eigenvalue weighted by molar-refractivity contribution is 7.80. The molecule has 8 nitrogen and oxygen atoms in total. The molecule has 2 atom stereocenters. The van der Waals surface area contributed by atoms with Crippen LogP contribution in [0.1, 0.15) is 48.6 Å². The minimum atomic E-state index is -0.197. The second kappa shape index (κ2) is 12.6. The number of carbonyl (C=O) groups excluding carboxylic acids is 1. The van der Waals surface area contributed by atoms with E-state index in [4.69, 9.17) is 33.5 Å². The molecule has 4 aromatic rings. The standard InChI is InChI=1S/C34H37ClN6O2S/c1-21(2)33(42)37-29-13-12-26(20-28(29)35)41-32(31(38-34(41)44)30-7-5-6-14-36-30)27-19-22(3)40(23(27)4)25-10-8-24(9-11-25)39-15-17-43-18-16-39/h5-14,19-21,31-32H,15-18H2,1-4H3,(H,37,42)(H,38,44)/t31-,32-/m1/s1. The van der Waals surface area contributed by atoms with E-state index in [9.17, 15) is 4.79 Å². The van der Waals surface area contributed by atoms with Gasteiger partial charge < -0.3 is 29.7 Å². The molecule has 1 amide bonds. The predicted octanol–water partition coefficient (Wildman–Crippen LogP) is 6.75. The summed E-state index contributed by atoms with van der Waals surface area (Å²) in [4.78, 5) is 21.5. The molecule has 0 radical (unpaired) electrons. The number of hydrogen-bond donors (Lipinski definition) is 2. The fourth-order valence-electron chi connectivity index (χ4n) is 6.10. The molecule has 2 aliphatic rings. The zero-order chi connectivity index (χ0) is 31.0. The molecule has 44 heavy (non-hydrogen) atoms. The van der Waals surface area contributed by atoms with Crippen molar-refractivity contribution >= 4 is 51.9 Å². The van der Waals surface area contributed by atoms with Crippen LogP contribution in [0.3, 0.4) is 0 Å². The Morgan fingerprint density at radius 3 is 2.39 bits per heavy atom. The molecule has 0 bridgehead atoms. The number of pyridine rings is 1. The fraction of sp³-hybridized carbons (Fsp3) is 0.324. The number of nitrogens with zero attached hydrogens (tertiary/aromatic N) is 4. The van der Waals surface area contributed by atoms with E-state index in [1.54, 1.807) is 0 Å². The molecule has 10 heteroatoms. The van der Waals surface area contributed by atoms with Gasteiger partial charge in [-0.15, -0.1) is 0 Å². The average molecular weight is 629 g/mol. The second-order valence-electron chi connectivity index (χ2n) is 11.6. The molecule has 0 spiro atoms. The van der Waals surface area contributed by atoms with Crippen LogP contribution in [0.4, 0.5) is 17.1 Å². The van der Waals surface area contributed by atoms with Crippen LogP contribution < -0.4 is 20.4 Å². The number of anilines is 3. The highest BCUT2D eigenvalue weighted by Crippen LogP contribution is 2.45. The molecule has 2 saturated heterocycles. The Balaban J connectivity index is 1.39. The van der Waals surface area contributed by atoms with Crippen LogP contribution in [0.15, 0.2) is 72.9 Å². The van der Waals surface area contributed by atoms with Gasteiger partial charge in [-0.1, -0.05) is 31.5 Å².